The number of Topliss-reactive ketones (excluding diaryl/α,β-unsaturated/α-hetero) is 1. The highest BCUT2D eigenvalue weighted by atomic mass is 16.5. The van der Waals surface area contributed by atoms with Gasteiger partial charge in [-0.3, -0.25) is 4.79 Å². The fourth-order valence-corrected chi connectivity index (χ4v) is 1.37. The molecule has 0 spiro atoms. The Bertz CT molecular complexity index is 128. The van der Waals surface area contributed by atoms with Gasteiger partial charge in [0.25, 0.3) is 0 Å². The molecule has 9 heavy (non-hydrogen) atoms. The Hall–Kier alpha value is -0.410. The van der Waals surface area contributed by atoms with Crippen molar-refractivity contribution in [1.29, 1.82) is 0 Å². The summed E-state index contributed by atoms with van der Waals surface area (Å²) >= 11 is 0. The summed E-state index contributed by atoms with van der Waals surface area (Å²) in [6, 6.07) is 0. The van der Waals surface area contributed by atoms with Crippen LogP contribution in [0, 0.1) is 5.92 Å². The van der Waals surface area contributed by atoms with Gasteiger partial charge >= 0.3 is 0 Å². The monoisotopic (exact) mass is 127 g/mol. The first-order valence-corrected chi connectivity index (χ1v) is 3.24. The molecule has 2 fully saturated rings. The number of ether oxygens (including phenoxy) is 1. The highest BCUT2D eigenvalue weighted by molar-refractivity contribution is 5.88. The summed E-state index contributed by atoms with van der Waals surface area (Å²) in [7, 11) is 0. The highest BCUT2D eigenvalue weighted by Crippen LogP contribution is 2.17. The largest absolute Gasteiger partial charge is 0.368 e. The molecular formula is C6H9NO2. The fourth-order valence-electron chi connectivity index (χ4n) is 1.37. The maximum absolute atomic E-state index is 11.0. The van der Waals surface area contributed by atoms with E-state index in [2.05, 4.69) is 5.32 Å². The molecule has 2 heterocycles. The maximum atomic E-state index is 11.0. The van der Waals surface area contributed by atoms with E-state index in [-0.39, 0.29) is 12.0 Å². The van der Waals surface area contributed by atoms with E-state index in [0.29, 0.717) is 12.4 Å². The van der Waals surface area contributed by atoms with Gasteiger partial charge < -0.3 is 10.1 Å². The lowest BCUT2D eigenvalue weighted by Gasteiger charge is -2.15. The minimum atomic E-state index is -0.122. The molecule has 0 aromatic heterocycles. The number of carbonyl (C=O) groups excluding carboxylic acids is 1. The second kappa shape index (κ2) is 1.78. The van der Waals surface area contributed by atoms with Gasteiger partial charge in [0.15, 0.2) is 5.78 Å². The van der Waals surface area contributed by atoms with Gasteiger partial charge in [0.05, 0.1) is 12.5 Å². The number of hydrogen-bond acceptors (Lipinski definition) is 3. The first kappa shape index (κ1) is 5.38. The van der Waals surface area contributed by atoms with Crippen molar-refractivity contribution in [3.8, 4) is 0 Å². The van der Waals surface area contributed by atoms with Crippen LogP contribution in [0.25, 0.3) is 0 Å². The van der Waals surface area contributed by atoms with Gasteiger partial charge in [-0.25, -0.2) is 0 Å². The predicted molar refractivity (Wildman–Crippen MR) is 31.1 cm³/mol. The second-order valence-corrected chi connectivity index (χ2v) is 2.58. The molecular weight excluding hydrogens is 118 g/mol. The van der Waals surface area contributed by atoms with Gasteiger partial charge in [0.2, 0.25) is 0 Å². The molecule has 3 nitrogen and oxygen atoms in total. The van der Waals surface area contributed by atoms with Crippen LogP contribution in [-0.4, -0.2) is 31.6 Å². The van der Waals surface area contributed by atoms with Crippen molar-refractivity contribution in [3.05, 3.63) is 0 Å². The van der Waals surface area contributed by atoms with Crippen molar-refractivity contribution in [3.63, 3.8) is 0 Å². The van der Waals surface area contributed by atoms with E-state index in [9.17, 15) is 4.79 Å². The van der Waals surface area contributed by atoms with Gasteiger partial charge in [-0.15, -0.1) is 0 Å². The summed E-state index contributed by atoms with van der Waals surface area (Å²) < 4.78 is 5.18. The number of rotatable bonds is 0. The Labute approximate surface area is 53.4 Å². The molecule has 2 bridgehead atoms. The third kappa shape index (κ3) is 0.686. The zero-order chi connectivity index (χ0) is 6.27. The summed E-state index contributed by atoms with van der Waals surface area (Å²) in [5.41, 5.74) is 0. The Balaban J connectivity index is 2.19. The van der Waals surface area contributed by atoms with Gasteiger partial charge in [0, 0.05) is 13.1 Å². The number of piperidine rings is 1. The number of carbonyl (C=O) groups is 1. The standard InChI is InChI=1S/C6H9NO2/c8-6-4-1-7-2-5(6)9-3-4/h4-5,7H,1-3H2/t4-,5-/m0/s1. The SMILES string of the molecule is O=C1[C@H]2CNC[C@@H]1OC2. The summed E-state index contributed by atoms with van der Waals surface area (Å²) in [4.78, 5) is 11.0. The molecule has 2 aliphatic rings. The average Bonchev–Trinajstić information content (AvgIpc) is 2.19. The quantitative estimate of drug-likeness (QED) is 0.461. The van der Waals surface area contributed by atoms with Crippen LogP contribution < -0.4 is 5.32 Å². The highest BCUT2D eigenvalue weighted by Gasteiger charge is 2.37. The molecule has 0 saturated carbocycles. The average molecular weight is 127 g/mol. The second-order valence-electron chi connectivity index (χ2n) is 2.58. The number of fused-ring (bicyclic) bond motifs is 2. The predicted octanol–water partition coefficient (Wildman–Crippen LogP) is -0.826. The first-order valence-electron chi connectivity index (χ1n) is 3.24. The molecule has 0 aromatic carbocycles. The van der Waals surface area contributed by atoms with Gasteiger partial charge in [-0.2, -0.15) is 0 Å². The molecule has 2 atom stereocenters. The molecule has 1 N–H and O–H groups in total. The minimum absolute atomic E-state index is 0.122. The lowest BCUT2D eigenvalue weighted by Crippen LogP contribution is -2.42. The summed E-state index contributed by atoms with van der Waals surface area (Å²) in [5.74, 6) is 0.456. The fraction of sp³-hybridized carbons (Fsp3) is 0.833. The van der Waals surface area contributed by atoms with E-state index in [1.54, 1.807) is 0 Å². The molecule has 0 aliphatic carbocycles. The van der Waals surface area contributed by atoms with Gasteiger partial charge in [0.1, 0.15) is 6.10 Å². The van der Waals surface area contributed by atoms with E-state index in [1.807, 2.05) is 0 Å². The van der Waals surface area contributed by atoms with Crippen LogP contribution in [0.2, 0.25) is 0 Å². The Morgan fingerprint density at radius 3 is 3.11 bits per heavy atom. The van der Waals surface area contributed by atoms with E-state index in [1.165, 1.54) is 0 Å². The van der Waals surface area contributed by atoms with Gasteiger partial charge in [-0.05, 0) is 0 Å². The zero-order valence-corrected chi connectivity index (χ0v) is 5.09. The maximum Gasteiger partial charge on any atom is 0.169 e. The first-order chi connectivity index (χ1) is 4.38. The van der Waals surface area contributed by atoms with Crippen LogP contribution in [-0.2, 0) is 9.53 Å². The molecule has 2 rings (SSSR count). The van der Waals surface area contributed by atoms with E-state index in [4.69, 9.17) is 4.74 Å². The molecule has 50 valence electrons. The van der Waals surface area contributed by atoms with Crippen molar-refractivity contribution in [1.82, 2.24) is 5.32 Å². The Morgan fingerprint density at radius 1 is 1.56 bits per heavy atom. The van der Waals surface area contributed by atoms with Crippen LogP contribution in [0.3, 0.4) is 0 Å². The normalized spacial score (nSPS) is 41.6. The van der Waals surface area contributed by atoms with Crippen molar-refractivity contribution >= 4 is 5.78 Å². The van der Waals surface area contributed by atoms with E-state index < -0.39 is 0 Å². The van der Waals surface area contributed by atoms with E-state index >= 15 is 0 Å². The van der Waals surface area contributed by atoms with Gasteiger partial charge in [-0.1, -0.05) is 0 Å². The smallest absolute Gasteiger partial charge is 0.169 e. The molecule has 0 amide bonds. The van der Waals surface area contributed by atoms with Crippen LogP contribution >= 0.6 is 0 Å². The minimum Gasteiger partial charge on any atom is -0.368 e. The number of nitrogens with one attached hydrogen (secondary N) is 1. The number of ketones is 1. The van der Waals surface area contributed by atoms with E-state index in [0.717, 1.165) is 13.1 Å². The lowest BCUT2D eigenvalue weighted by atomic mass is 10.0. The molecule has 0 radical (unpaired) electrons. The van der Waals surface area contributed by atoms with Crippen molar-refractivity contribution in [2.45, 2.75) is 6.10 Å². The third-order valence-electron chi connectivity index (χ3n) is 1.94. The molecule has 0 unspecified atom stereocenters. The van der Waals surface area contributed by atoms with Crippen LogP contribution in [0.15, 0.2) is 0 Å². The summed E-state index contributed by atoms with van der Waals surface area (Å²) in [6.45, 7) is 2.17. The number of hydrogen-bond donors (Lipinski definition) is 1. The molecule has 0 aromatic rings. The van der Waals surface area contributed by atoms with Crippen LogP contribution in [0.1, 0.15) is 0 Å². The van der Waals surface area contributed by atoms with Crippen molar-refractivity contribution in [2.24, 2.45) is 5.92 Å². The molecule has 2 saturated heterocycles. The van der Waals surface area contributed by atoms with Crippen molar-refractivity contribution in [2.75, 3.05) is 19.7 Å². The lowest BCUT2D eigenvalue weighted by molar-refractivity contribution is -0.125. The zero-order valence-electron chi connectivity index (χ0n) is 5.09. The van der Waals surface area contributed by atoms with Crippen LogP contribution in [0.4, 0.5) is 0 Å². The summed E-state index contributed by atoms with van der Waals surface area (Å²) in [5, 5.41) is 3.13. The third-order valence-corrected chi connectivity index (χ3v) is 1.94. The topological polar surface area (TPSA) is 38.3 Å². The van der Waals surface area contributed by atoms with Crippen molar-refractivity contribution < 1.29 is 9.53 Å². The Morgan fingerprint density at radius 2 is 2.44 bits per heavy atom. The van der Waals surface area contributed by atoms with Crippen LogP contribution in [0.5, 0.6) is 0 Å². The summed E-state index contributed by atoms with van der Waals surface area (Å²) in [6.07, 6.45) is -0.122. The molecule has 2 aliphatic heterocycles. The molecule has 3 heteroatoms. The Kier molecular flexibility index (Phi) is 1.07.